The van der Waals surface area contributed by atoms with Gasteiger partial charge in [-0.25, -0.2) is 0 Å². The third-order valence-electron chi connectivity index (χ3n) is 1.72. The molecule has 0 saturated heterocycles. The second-order valence-electron chi connectivity index (χ2n) is 2.68. The fourth-order valence-electron chi connectivity index (χ4n) is 1.13. The molecule has 1 atom stereocenters. The molecule has 1 aromatic carbocycles. The van der Waals surface area contributed by atoms with Crippen LogP contribution in [0.1, 0.15) is 18.6 Å². The fraction of sp³-hybridized carbons (Fsp3) is 0.250. The van der Waals surface area contributed by atoms with E-state index in [1.807, 2.05) is 0 Å². The largest absolute Gasteiger partial charge is 0.488 e. The number of hydrogen-bond donors (Lipinski definition) is 3. The summed E-state index contributed by atoms with van der Waals surface area (Å²) < 4.78 is 0. The van der Waals surface area contributed by atoms with E-state index in [0.717, 1.165) is 0 Å². The highest BCUT2D eigenvalue weighted by Crippen LogP contribution is 2.08. The molecule has 0 aromatic heterocycles. The van der Waals surface area contributed by atoms with Gasteiger partial charge in [0.15, 0.2) is 0 Å². The summed E-state index contributed by atoms with van der Waals surface area (Å²) in [4.78, 5) is 0. The van der Waals surface area contributed by atoms with E-state index in [2.05, 4.69) is 0 Å². The van der Waals surface area contributed by atoms with Crippen LogP contribution < -0.4 is 5.46 Å². The van der Waals surface area contributed by atoms with Crippen LogP contribution in [0.2, 0.25) is 0 Å². The van der Waals surface area contributed by atoms with E-state index in [4.69, 9.17) is 10.0 Å². The van der Waals surface area contributed by atoms with Gasteiger partial charge in [0.05, 0.1) is 6.10 Å². The Bertz CT molecular complexity index is 233. The number of aliphatic hydroxyl groups is 1. The SMILES string of the molecule is CC(O)c1ccccc1B(O)O. The van der Waals surface area contributed by atoms with Gasteiger partial charge in [0, 0.05) is 0 Å². The maximum absolute atomic E-state index is 9.23. The first-order valence-corrected chi connectivity index (χ1v) is 3.76. The summed E-state index contributed by atoms with van der Waals surface area (Å²) in [6.07, 6.45) is -0.678. The minimum Gasteiger partial charge on any atom is -0.423 e. The highest BCUT2D eigenvalue weighted by Gasteiger charge is 2.17. The lowest BCUT2D eigenvalue weighted by Gasteiger charge is -2.10. The van der Waals surface area contributed by atoms with Crippen LogP contribution in [0.15, 0.2) is 24.3 Å². The number of hydrogen-bond acceptors (Lipinski definition) is 3. The van der Waals surface area contributed by atoms with Gasteiger partial charge in [-0.1, -0.05) is 24.3 Å². The molecule has 12 heavy (non-hydrogen) atoms. The van der Waals surface area contributed by atoms with Gasteiger partial charge >= 0.3 is 7.12 Å². The van der Waals surface area contributed by atoms with Crippen LogP contribution >= 0.6 is 0 Å². The molecular weight excluding hydrogens is 155 g/mol. The predicted molar refractivity (Wildman–Crippen MR) is 46.9 cm³/mol. The summed E-state index contributed by atoms with van der Waals surface area (Å²) in [7, 11) is -1.52. The first kappa shape index (κ1) is 9.25. The first-order valence-electron chi connectivity index (χ1n) is 3.76. The molecule has 0 heterocycles. The van der Waals surface area contributed by atoms with E-state index in [9.17, 15) is 5.11 Å². The summed E-state index contributed by atoms with van der Waals surface area (Å²) in [6, 6.07) is 6.68. The monoisotopic (exact) mass is 166 g/mol. The molecule has 4 heteroatoms. The number of rotatable bonds is 2. The van der Waals surface area contributed by atoms with Gasteiger partial charge in [0.25, 0.3) is 0 Å². The van der Waals surface area contributed by atoms with Crippen LogP contribution in [0.4, 0.5) is 0 Å². The summed E-state index contributed by atoms with van der Waals surface area (Å²) in [5, 5.41) is 27.0. The first-order chi connectivity index (χ1) is 5.63. The smallest absolute Gasteiger partial charge is 0.423 e. The second-order valence-corrected chi connectivity index (χ2v) is 2.68. The van der Waals surface area contributed by atoms with Crippen molar-refractivity contribution < 1.29 is 15.2 Å². The molecule has 1 aromatic rings. The molecular formula is C8H11BO3. The van der Waals surface area contributed by atoms with Gasteiger partial charge in [0.1, 0.15) is 0 Å². The van der Waals surface area contributed by atoms with Crippen molar-refractivity contribution in [2.24, 2.45) is 0 Å². The Hall–Kier alpha value is -0.835. The van der Waals surface area contributed by atoms with Gasteiger partial charge in [-0.2, -0.15) is 0 Å². The number of aliphatic hydroxyl groups excluding tert-OH is 1. The Morgan fingerprint density at radius 2 is 1.83 bits per heavy atom. The van der Waals surface area contributed by atoms with Crippen molar-refractivity contribution in [3.8, 4) is 0 Å². The average molecular weight is 166 g/mol. The summed E-state index contributed by atoms with van der Waals surface area (Å²) in [5.74, 6) is 0. The van der Waals surface area contributed by atoms with Crippen molar-refractivity contribution in [3.05, 3.63) is 29.8 Å². The van der Waals surface area contributed by atoms with Gasteiger partial charge < -0.3 is 15.2 Å². The van der Waals surface area contributed by atoms with E-state index in [1.165, 1.54) is 0 Å². The van der Waals surface area contributed by atoms with Crippen molar-refractivity contribution >= 4 is 12.6 Å². The van der Waals surface area contributed by atoms with Crippen LogP contribution in [0.5, 0.6) is 0 Å². The van der Waals surface area contributed by atoms with Crippen molar-refractivity contribution in [3.63, 3.8) is 0 Å². The standard InChI is InChI=1S/C8H11BO3/c1-6(10)7-4-2-3-5-8(7)9(11)12/h2-6,10-12H,1H3. The molecule has 0 bridgehead atoms. The lowest BCUT2D eigenvalue weighted by molar-refractivity contribution is 0.200. The molecule has 3 nitrogen and oxygen atoms in total. The lowest BCUT2D eigenvalue weighted by atomic mass is 9.76. The zero-order valence-electron chi connectivity index (χ0n) is 6.81. The van der Waals surface area contributed by atoms with Crippen LogP contribution in [0.3, 0.4) is 0 Å². The number of benzene rings is 1. The average Bonchev–Trinajstić information content (AvgIpc) is 2.04. The second kappa shape index (κ2) is 3.71. The topological polar surface area (TPSA) is 60.7 Å². The van der Waals surface area contributed by atoms with Crippen molar-refractivity contribution in [1.82, 2.24) is 0 Å². The highest BCUT2D eigenvalue weighted by atomic mass is 16.4. The van der Waals surface area contributed by atoms with Crippen LogP contribution in [0, 0.1) is 0 Å². The van der Waals surface area contributed by atoms with E-state index in [1.54, 1.807) is 31.2 Å². The molecule has 0 saturated carbocycles. The van der Waals surface area contributed by atoms with E-state index >= 15 is 0 Å². The minimum atomic E-state index is -1.52. The van der Waals surface area contributed by atoms with E-state index in [-0.39, 0.29) is 0 Å². The van der Waals surface area contributed by atoms with Crippen molar-refractivity contribution in [1.29, 1.82) is 0 Å². The fourth-order valence-corrected chi connectivity index (χ4v) is 1.13. The predicted octanol–water partition coefficient (Wildman–Crippen LogP) is -0.580. The molecule has 0 aliphatic rings. The summed E-state index contributed by atoms with van der Waals surface area (Å²) in [6.45, 7) is 1.58. The Labute approximate surface area is 71.4 Å². The molecule has 0 amide bonds. The van der Waals surface area contributed by atoms with Crippen molar-refractivity contribution in [2.45, 2.75) is 13.0 Å². The molecule has 64 valence electrons. The lowest BCUT2D eigenvalue weighted by Crippen LogP contribution is -2.33. The van der Waals surface area contributed by atoms with E-state index in [0.29, 0.717) is 11.0 Å². The normalized spacial score (nSPS) is 12.7. The maximum atomic E-state index is 9.23. The third-order valence-corrected chi connectivity index (χ3v) is 1.72. The summed E-state index contributed by atoms with van der Waals surface area (Å²) in [5.41, 5.74) is 0.903. The zero-order chi connectivity index (χ0) is 9.14. The Morgan fingerprint density at radius 1 is 1.25 bits per heavy atom. The minimum absolute atomic E-state index is 0.354. The maximum Gasteiger partial charge on any atom is 0.488 e. The third kappa shape index (κ3) is 1.85. The van der Waals surface area contributed by atoms with Gasteiger partial charge in [-0.3, -0.25) is 0 Å². The molecule has 0 spiro atoms. The van der Waals surface area contributed by atoms with Crippen LogP contribution in [0.25, 0.3) is 0 Å². The quantitative estimate of drug-likeness (QED) is 0.515. The highest BCUT2D eigenvalue weighted by molar-refractivity contribution is 6.59. The van der Waals surface area contributed by atoms with Gasteiger partial charge in [-0.05, 0) is 17.9 Å². The van der Waals surface area contributed by atoms with E-state index < -0.39 is 13.2 Å². The molecule has 0 aliphatic carbocycles. The molecule has 3 N–H and O–H groups in total. The van der Waals surface area contributed by atoms with Gasteiger partial charge in [-0.15, -0.1) is 0 Å². The molecule has 1 rings (SSSR count). The molecule has 0 aliphatic heterocycles. The Morgan fingerprint density at radius 3 is 2.25 bits per heavy atom. The zero-order valence-corrected chi connectivity index (χ0v) is 6.81. The van der Waals surface area contributed by atoms with Crippen LogP contribution in [-0.2, 0) is 0 Å². The Kier molecular flexibility index (Phi) is 2.86. The van der Waals surface area contributed by atoms with Crippen molar-refractivity contribution in [2.75, 3.05) is 0 Å². The van der Waals surface area contributed by atoms with Gasteiger partial charge in [0.2, 0.25) is 0 Å². The molecule has 0 fully saturated rings. The Balaban J connectivity index is 3.09. The molecule has 1 unspecified atom stereocenters. The summed E-state index contributed by atoms with van der Waals surface area (Å²) >= 11 is 0. The van der Waals surface area contributed by atoms with Crippen LogP contribution in [-0.4, -0.2) is 22.3 Å². The molecule has 0 radical (unpaired) electrons.